The van der Waals surface area contributed by atoms with Crippen LogP contribution in [0.4, 0.5) is 0 Å². The number of rotatable bonds is 4. The van der Waals surface area contributed by atoms with Crippen LogP contribution in [0.25, 0.3) is 0 Å². The maximum Gasteiger partial charge on any atom is 0.00362 e. The molecule has 0 saturated heterocycles. The molecule has 0 amide bonds. The molecule has 0 spiro atoms. The third-order valence-electron chi connectivity index (χ3n) is 2.37. The molecule has 0 aromatic rings. The fourth-order valence-corrected chi connectivity index (χ4v) is 1.02. The van der Waals surface area contributed by atoms with E-state index >= 15 is 0 Å². The van der Waals surface area contributed by atoms with E-state index in [1.165, 1.54) is 12.8 Å². The normalized spacial score (nSPS) is 20.1. The third-order valence-corrected chi connectivity index (χ3v) is 2.37. The van der Waals surface area contributed by atoms with E-state index in [9.17, 15) is 0 Å². The average molecular weight is 143 g/mol. The van der Waals surface area contributed by atoms with Crippen molar-refractivity contribution in [1.82, 2.24) is 0 Å². The minimum absolute atomic E-state index is 0.356. The fraction of sp³-hybridized carbons (Fsp3) is 1.00. The highest BCUT2D eigenvalue weighted by molar-refractivity contribution is 4.65. The molecule has 0 aromatic heterocycles. The molecule has 1 nitrogen and oxygen atoms in total. The van der Waals surface area contributed by atoms with Gasteiger partial charge in [-0.15, -0.1) is 0 Å². The summed E-state index contributed by atoms with van der Waals surface area (Å²) in [5, 5.41) is 0. The molecule has 3 atom stereocenters. The Kier molecular flexibility index (Phi) is 4.71. The standard InChI is InChI=1S/C9H21N/c1-5-7(2)6-8(3)9(4)10/h7-9H,5-6,10H2,1-4H3. The summed E-state index contributed by atoms with van der Waals surface area (Å²) in [5.74, 6) is 1.51. The molecule has 0 aliphatic rings. The summed E-state index contributed by atoms with van der Waals surface area (Å²) in [6, 6.07) is 0.356. The highest BCUT2D eigenvalue weighted by Crippen LogP contribution is 2.16. The van der Waals surface area contributed by atoms with E-state index in [1.54, 1.807) is 0 Å². The first-order valence-electron chi connectivity index (χ1n) is 4.33. The highest BCUT2D eigenvalue weighted by Gasteiger charge is 2.10. The van der Waals surface area contributed by atoms with Crippen LogP contribution < -0.4 is 5.73 Å². The van der Waals surface area contributed by atoms with Gasteiger partial charge in [-0.05, 0) is 25.2 Å². The molecule has 0 aromatic carbocycles. The second-order valence-electron chi connectivity index (χ2n) is 3.59. The van der Waals surface area contributed by atoms with E-state index in [4.69, 9.17) is 5.73 Å². The Balaban J connectivity index is 3.46. The lowest BCUT2D eigenvalue weighted by atomic mass is 9.91. The second-order valence-corrected chi connectivity index (χ2v) is 3.59. The van der Waals surface area contributed by atoms with Crippen molar-refractivity contribution >= 4 is 0 Å². The zero-order chi connectivity index (χ0) is 8.15. The van der Waals surface area contributed by atoms with Gasteiger partial charge >= 0.3 is 0 Å². The molecular formula is C9H21N. The van der Waals surface area contributed by atoms with Crippen molar-refractivity contribution in [3.8, 4) is 0 Å². The van der Waals surface area contributed by atoms with Crippen LogP contribution in [-0.4, -0.2) is 6.04 Å². The first-order chi connectivity index (χ1) is 4.57. The van der Waals surface area contributed by atoms with Crippen molar-refractivity contribution in [1.29, 1.82) is 0 Å². The summed E-state index contributed by atoms with van der Waals surface area (Å²) < 4.78 is 0. The molecule has 0 bridgehead atoms. The predicted octanol–water partition coefficient (Wildman–Crippen LogP) is 2.41. The predicted molar refractivity (Wildman–Crippen MR) is 46.9 cm³/mol. The summed E-state index contributed by atoms with van der Waals surface area (Å²) in [4.78, 5) is 0. The van der Waals surface area contributed by atoms with E-state index < -0.39 is 0 Å². The quantitative estimate of drug-likeness (QED) is 0.642. The van der Waals surface area contributed by atoms with E-state index in [-0.39, 0.29) is 0 Å². The van der Waals surface area contributed by atoms with Gasteiger partial charge < -0.3 is 5.73 Å². The van der Waals surface area contributed by atoms with Gasteiger partial charge in [-0.2, -0.15) is 0 Å². The lowest BCUT2D eigenvalue weighted by Gasteiger charge is -2.18. The van der Waals surface area contributed by atoms with Crippen LogP contribution in [0.2, 0.25) is 0 Å². The smallest absolute Gasteiger partial charge is 0.00362 e. The molecular weight excluding hydrogens is 122 g/mol. The van der Waals surface area contributed by atoms with Crippen LogP contribution >= 0.6 is 0 Å². The molecule has 2 N–H and O–H groups in total. The lowest BCUT2D eigenvalue weighted by Crippen LogP contribution is -2.25. The first-order valence-corrected chi connectivity index (χ1v) is 4.33. The molecule has 0 radical (unpaired) electrons. The fourth-order valence-electron chi connectivity index (χ4n) is 1.02. The number of hydrogen-bond acceptors (Lipinski definition) is 1. The summed E-state index contributed by atoms with van der Waals surface area (Å²) >= 11 is 0. The molecule has 0 fully saturated rings. The Morgan fingerprint density at radius 2 is 1.70 bits per heavy atom. The zero-order valence-corrected chi connectivity index (χ0v) is 7.72. The number of hydrogen-bond donors (Lipinski definition) is 1. The van der Waals surface area contributed by atoms with Crippen molar-refractivity contribution in [2.45, 2.75) is 46.6 Å². The van der Waals surface area contributed by atoms with E-state index in [1.807, 2.05) is 0 Å². The van der Waals surface area contributed by atoms with Crippen LogP contribution in [0.3, 0.4) is 0 Å². The minimum atomic E-state index is 0.356. The van der Waals surface area contributed by atoms with E-state index in [0.717, 1.165) is 5.92 Å². The Labute approximate surface area is 65.0 Å². The van der Waals surface area contributed by atoms with Gasteiger partial charge in [0.05, 0.1) is 0 Å². The van der Waals surface area contributed by atoms with Crippen molar-refractivity contribution in [2.75, 3.05) is 0 Å². The van der Waals surface area contributed by atoms with Crippen molar-refractivity contribution < 1.29 is 0 Å². The lowest BCUT2D eigenvalue weighted by molar-refractivity contribution is 0.365. The first kappa shape index (κ1) is 9.96. The van der Waals surface area contributed by atoms with Crippen LogP contribution in [0, 0.1) is 11.8 Å². The molecule has 10 heavy (non-hydrogen) atoms. The van der Waals surface area contributed by atoms with Gasteiger partial charge in [0, 0.05) is 6.04 Å². The molecule has 0 rings (SSSR count). The Morgan fingerprint density at radius 1 is 1.20 bits per heavy atom. The van der Waals surface area contributed by atoms with Crippen molar-refractivity contribution in [3.05, 3.63) is 0 Å². The molecule has 1 heteroatoms. The van der Waals surface area contributed by atoms with Gasteiger partial charge in [0.15, 0.2) is 0 Å². The molecule has 0 aliphatic heterocycles. The average Bonchev–Trinajstić information content (AvgIpc) is 1.87. The third kappa shape index (κ3) is 3.89. The monoisotopic (exact) mass is 143 g/mol. The molecule has 0 heterocycles. The van der Waals surface area contributed by atoms with Crippen molar-refractivity contribution in [2.24, 2.45) is 17.6 Å². The van der Waals surface area contributed by atoms with Gasteiger partial charge in [0.1, 0.15) is 0 Å². The molecule has 62 valence electrons. The Bertz CT molecular complexity index is 78.8. The minimum Gasteiger partial charge on any atom is -0.328 e. The summed E-state index contributed by atoms with van der Waals surface area (Å²) in [7, 11) is 0. The topological polar surface area (TPSA) is 26.0 Å². The SMILES string of the molecule is CCC(C)CC(C)C(C)N. The molecule has 0 aliphatic carbocycles. The highest BCUT2D eigenvalue weighted by atomic mass is 14.6. The summed E-state index contributed by atoms with van der Waals surface area (Å²) in [6.07, 6.45) is 2.55. The van der Waals surface area contributed by atoms with Gasteiger partial charge in [-0.3, -0.25) is 0 Å². The van der Waals surface area contributed by atoms with E-state index in [2.05, 4.69) is 27.7 Å². The Hall–Kier alpha value is -0.0400. The van der Waals surface area contributed by atoms with Gasteiger partial charge in [-0.1, -0.05) is 27.2 Å². The maximum atomic E-state index is 5.74. The second kappa shape index (κ2) is 4.73. The van der Waals surface area contributed by atoms with Gasteiger partial charge in [0.25, 0.3) is 0 Å². The Morgan fingerprint density at radius 3 is 2.00 bits per heavy atom. The largest absolute Gasteiger partial charge is 0.328 e. The van der Waals surface area contributed by atoms with Crippen molar-refractivity contribution in [3.63, 3.8) is 0 Å². The van der Waals surface area contributed by atoms with Crippen LogP contribution in [0.1, 0.15) is 40.5 Å². The van der Waals surface area contributed by atoms with Crippen LogP contribution in [-0.2, 0) is 0 Å². The van der Waals surface area contributed by atoms with Gasteiger partial charge in [0.2, 0.25) is 0 Å². The van der Waals surface area contributed by atoms with Crippen LogP contribution in [0.15, 0.2) is 0 Å². The summed E-state index contributed by atoms with van der Waals surface area (Å²) in [6.45, 7) is 8.85. The van der Waals surface area contributed by atoms with Gasteiger partial charge in [-0.25, -0.2) is 0 Å². The van der Waals surface area contributed by atoms with Crippen LogP contribution in [0.5, 0.6) is 0 Å². The zero-order valence-electron chi connectivity index (χ0n) is 7.72. The van der Waals surface area contributed by atoms with E-state index in [0.29, 0.717) is 12.0 Å². The maximum absolute atomic E-state index is 5.74. The molecule has 0 saturated carbocycles. The summed E-state index contributed by atoms with van der Waals surface area (Å²) in [5.41, 5.74) is 5.74. The number of nitrogens with two attached hydrogens (primary N) is 1. The molecule has 3 unspecified atom stereocenters.